The summed E-state index contributed by atoms with van der Waals surface area (Å²) in [4.78, 5) is 26.4. The molecule has 0 saturated carbocycles. The van der Waals surface area contributed by atoms with Gasteiger partial charge in [0, 0.05) is 23.7 Å². The summed E-state index contributed by atoms with van der Waals surface area (Å²) in [6, 6.07) is 10.1. The van der Waals surface area contributed by atoms with Crippen LogP contribution < -0.4 is 4.74 Å². The molecule has 3 rings (SSSR count). The predicted molar refractivity (Wildman–Crippen MR) is 105 cm³/mol. The fraction of sp³-hybridized carbons (Fsp3) is 0.333. The molecule has 1 aliphatic heterocycles. The summed E-state index contributed by atoms with van der Waals surface area (Å²) in [5, 5.41) is 0.400. The van der Waals surface area contributed by atoms with Crippen LogP contribution in [0.2, 0.25) is 5.02 Å². The molecule has 1 heterocycles. The lowest BCUT2D eigenvalue weighted by molar-refractivity contribution is -0.159. The zero-order valence-electron chi connectivity index (χ0n) is 16.2. The van der Waals surface area contributed by atoms with Gasteiger partial charge in [-0.15, -0.1) is 0 Å². The normalized spacial score (nSPS) is 15.3. The van der Waals surface area contributed by atoms with E-state index in [2.05, 4.69) is 0 Å². The van der Waals surface area contributed by atoms with Crippen molar-refractivity contribution in [2.24, 2.45) is 0 Å². The SMILES string of the molecule is O=C(OCC(=O)N1CCOCC1)C(Oc1cccc(C(F)(F)F)c1)c1ccc(Cl)cc1. The van der Waals surface area contributed by atoms with E-state index in [0.29, 0.717) is 36.9 Å². The van der Waals surface area contributed by atoms with E-state index in [-0.39, 0.29) is 5.75 Å². The largest absolute Gasteiger partial charge is 0.474 e. The van der Waals surface area contributed by atoms with Crippen LogP contribution in [0.1, 0.15) is 17.2 Å². The van der Waals surface area contributed by atoms with Crippen LogP contribution in [0.3, 0.4) is 0 Å². The maximum atomic E-state index is 13.0. The molecule has 31 heavy (non-hydrogen) atoms. The smallest absolute Gasteiger partial charge is 0.416 e. The quantitative estimate of drug-likeness (QED) is 0.616. The number of hydrogen-bond acceptors (Lipinski definition) is 5. The first kappa shape index (κ1) is 22.9. The van der Waals surface area contributed by atoms with Gasteiger partial charge in [-0.1, -0.05) is 29.8 Å². The number of hydrogen-bond donors (Lipinski definition) is 0. The Bertz CT molecular complexity index is 914. The number of morpholine rings is 1. The van der Waals surface area contributed by atoms with Gasteiger partial charge in [0.2, 0.25) is 6.10 Å². The summed E-state index contributed by atoms with van der Waals surface area (Å²) >= 11 is 5.87. The summed E-state index contributed by atoms with van der Waals surface area (Å²) < 4.78 is 54.9. The highest BCUT2D eigenvalue weighted by molar-refractivity contribution is 6.30. The molecular weight excluding hydrogens is 439 g/mol. The molecule has 1 saturated heterocycles. The highest BCUT2D eigenvalue weighted by Crippen LogP contribution is 2.33. The van der Waals surface area contributed by atoms with E-state index in [0.717, 1.165) is 12.1 Å². The average molecular weight is 458 g/mol. The van der Waals surface area contributed by atoms with Gasteiger partial charge >= 0.3 is 12.1 Å². The lowest BCUT2D eigenvalue weighted by Crippen LogP contribution is -2.43. The van der Waals surface area contributed by atoms with Gasteiger partial charge < -0.3 is 19.1 Å². The average Bonchev–Trinajstić information content (AvgIpc) is 2.76. The number of nitrogens with zero attached hydrogens (tertiary/aromatic N) is 1. The molecule has 1 amide bonds. The Morgan fingerprint density at radius 3 is 2.42 bits per heavy atom. The zero-order valence-corrected chi connectivity index (χ0v) is 17.0. The minimum Gasteiger partial charge on any atom is -0.474 e. The van der Waals surface area contributed by atoms with E-state index in [1.807, 2.05) is 0 Å². The Labute approximate surface area is 181 Å². The van der Waals surface area contributed by atoms with E-state index in [4.69, 9.17) is 25.8 Å². The lowest BCUT2D eigenvalue weighted by atomic mass is 10.1. The molecule has 2 aromatic carbocycles. The molecule has 0 bridgehead atoms. The van der Waals surface area contributed by atoms with Crippen molar-refractivity contribution in [3.63, 3.8) is 0 Å². The predicted octanol–water partition coefficient (Wildman–Crippen LogP) is 3.88. The molecule has 1 fully saturated rings. The molecular formula is C21H19ClF3NO5. The second kappa shape index (κ2) is 10.0. The number of alkyl halides is 3. The van der Waals surface area contributed by atoms with E-state index in [1.54, 1.807) is 0 Å². The van der Waals surface area contributed by atoms with Crippen molar-refractivity contribution < 1.29 is 37.0 Å². The van der Waals surface area contributed by atoms with Gasteiger partial charge in [0.1, 0.15) is 5.75 Å². The summed E-state index contributed by atoms with van der Waals surface area (Å²) in [5.41, 5.74) is -0.610. The van der Waals surface area contributed by atoms with E-state index >= 15 is 0 Å². The topological polar surface area (TPSA) is 65.1 Å². The molecule has 0 aliphatic carbocycles. The van der Waals surface area contributed by atoms with E-state index < -0.39 is 36.3 Å². The van der Waals surface area contributed by atoms with Gasteiger partial charge in [-0.3, -0.25) is 4.79 Å². The monoisotopic (exact) mass is 457 g/mol. The molecule has 10 heteroatoms. The first-order valence-electron chi connectivity index (χ1n) is 9.35. The highest BCUT2D eigenvalue weighted by Gasteiger charge is 2.32. The highest BCUT2D eigenvalue weighted by atomic mass is 35.5. The Kier molecular flexibility index (Phi) is 7.40. The molecule has 166 valence electrons. The van der Waals surface area contributed by atoms with Crippen LogP contribution >= 0.6 is 11.6 Å². The Balaban J connectivity index is 1.75. The summed E-state index contributed by atoms with van der Waals surface area (Å²) in [6.07, 6.45) is -5.96. The van der Waals surface area contributed by atoms with Crippen molar-refractivity contribution in [2.75, 3.05) is 32.9 Å². The fourth-order valence-corrected chi connectivity index (χ4v) is 3.01. The minimum atomic E-state index is -4.57. The lowest BCUT2D eigenvalue weighted by Gasteiger charge is -2.27. The van der Waals surface area contributed by atoms with Crippen LogP contribution in [0.25, 0.3) is 0 Å². The minimum absolute atomic E-state index is 0.175. The van der Waals surface area contributed by atoms with Gasteiger partial charge in [-0.2, -0.15) is 13.2 Å². The molecule has 1 aliphatic rings. The van der Waals surface area contributed by atoms with Crippen LogP contribution in [0.15, 0.2) is 48.5 Å². The maximum absolute atomic E-state index is 13.0. The maximum Gasteiger partial charge on any atom is 0.416 e. The van der Waals surface area contributed by atoms with Gasteiger partial charge in [-0.25, -0.2) is 4.79 Å². The fourth-order valence-electron chi connectivity index (χ4n) is 2.88. The van der Waals surface area contributed by atoms with Gasteiger partial charge in [0.25, 0.3) is 5.91 Å². The van der Waals surface area contributed by atoms with Gasteiger partial charge in [0.05, 0.1) is 18.8 Å². The van der Waals surface area contributed by atoms with Crippen LogP contribution in [0.4, 0.5) is 13.2 Å². The molecule has 0 aromatic heterocycles. The number of rotatable bonds is 6. The van der Waals surface area contributed by atoms with Crippen molar-refractivity contribution in [3.05, 3.63) is 64.7 Å². The molecule has 0 radical (unpaired) electrons. The van der Waals surface area contributed by atoms with Crippen LogP contribution in [-0.4, -0.2) is 49.7 Å². The first-order valence-corrected chi connectivity index (χ1v) is 9.73. The Morgan fingerprint density at radius 2 is 1.77 bits per heavy atom. The van der Waals surface area contributed by atoms with Gasteiger partial charge in [0.15, 0.2) is 6.61 Å². The van der Waals surface area contributed by atoms with Crippen LogP contribution in [0.5, 0.6) is 5.75 Å². The van der Waals surface area contributed by atoms with E-state index in [9.17, 15) is 22.8 Å². The second-order valence-electron chi connectivity index (χ2n) is 6.68. The van der Waals surface area contributed by atoms with Crippen LogP contribution in [0, 0.1) is 0 Å². The summed E-state index contributed by atoms with van der Waals surface area (Å²) in [6.45, 7) is 1.04. The number of benzene rings is 2. The number of carbonyl (C=O) groups excluding carboxylic acids is 2. The van der Waals surface area contributed by atoms with Crippen molar-refractivity contribution in [1.82, 2.24) is 4.90 Å². The van der Waals surface area contributed by atoms with Crippen molar-refractivity contribution in [3.8, 4) is 5.75 Å². The van der Waals surface area contributed by atoms with E-state index in [1.165, 1.54) is 41.3 Å². The molecule has 2 aromatic rings. The standard InChI is InChI=1S/C21H19ClF3NO5/c22-16-6-4-14(5-7-16)19(31-17-3-1-2-15(12-17)21(23,24)25)20(28)30-13-18(27)26-8-10-29-11-9-26/h1-7,12,19H,8-11,13H2. The molecule has 0 spiro atoms. The Morgan fingerprint density at radius 1 is 1.10 bits per heavy atom. The third-order valence-electron chi connectivity index (χ3n) is 4.50. The number of amides is 1. The second-order valence-corrected chi connectivity index (χ2v) is 7.11. The number of halogens is 4. The first-order chi connectivity index (χ1) is 14.7. The molecule has 1 atom stereocenters. The third-order valence-corrected chi connectivity index (χ3v) is 4.76. The summed E-state index contributed by atoms with van der Waals surface area (Å²) in [7, 11) is 0. The van der Waals surface area contributed by atoms with Crippen molar-refractivity contribution >= 4 is 23.5 Å². The van der Waals surface area contributed by atoms with Crippen molar-refractivity contribution in [2.45, 2.75) is 12.3 Å². The number of esters is 1. The Hall–Kier alpha value is -2.78. The summed E-state index contributed by atoms with van der Waals surface area (Å²) in [5.74, 6) is -1.49. The van der Waals surface area contributed by atoms with Gasteiger partial charge in [-0.05, 0) is 30.3 Å². The van der Waals surface area contributed by atoms with Crippen LogP contribution in [-0.2, 0) is 25.2 Å². The third kappa shape index (κ3) is 6.35. The molecule has 6 nitrogen and oxygen atoms in total. The molecule has 0 N–H and O–H groups in total. The van der Waals surface area contributed by atoms with Crippen molar-refractivity contribution in [1.29, 1.82) is 0 Å². The molecule has 1 unspecified atom stereocenters. The zero-order chi connectivity index (χ0) is 22.4. The number of carbonyl (C=O) groups is 2. The number of ether oxygens (including phenoxy) is 3.